The molecule has 2 heteroatoms. The van der Waals surface area contributed by atoms with E-state index < -0.39 is 0 Å². The highest BCUT2D eigenvalue weighted by Gasteiger charge is 2.13. The van der Waals surface area contributed by atoms with Crippen molar-refractivity contribution in [3.05, 3.63) is 29.3 Å². The lowest BCUT2D eigenvalue weighted by Gasteiger charge is -2.18. The first-order chi connectivity index (χ1) is 6.42. The minimum Gasteiger partial charge on any atom is -0.192 e. The predicted octanol–water partition coefficient (Wildman–Crippen LogP) is 3.76. The molecule has 0 aromatic heterocycles. The first-order valence-electron chi connectivity index (χ1n) is 4.62. The summed E-state index contributed by atoms with van der Waals surface area (Å²) in [7, 11) is 0. The van der Waals surface area contributed by atoms with Crippen LogP contribution < -0.4 is 0 Å². The number of hydrogen-bond donors (Lipinski definition) is 0. The third-order valence-electron chi connectivity index (χ3n) is 1.72. The van der Waals surface area contributed by atoms with Crippen LogP contribution in [0.25, 0.3) is 0 Å². The molecule has 0 N–H and O–H groups in total. The molecule has 0 saturated carbocycles. The maximum absolute atomic E-state index is 8.73. The van der Waals surface area contributed by atoms with Crippen molar-refractivity contribution in [2.45, 2.75) is 37.3 Å². The number of rotatable bonds is 1. The van der Waals surface area contributed by atoms with E-state index in [2.05, 4.69) is 33.8 Å². The molecule has 14 heavy (non-hydrogen) atoms. The zero-order valence-electron chi connectivity index (χ0n) is 9.09. The first kappa shape index (κ1) is 11.1. The Morgan fingerprint density at radius 2 is 1.93 bits per heavy atom. The van der Waals surface area contributed by atoms with E-state index in [4.69, 9.17) is 5.26 Å². The summed E-state index contributed by atoms with van der Waals surface area (Å²) in [6, 6.07) is 7.99. The van der Waals surface area contributed by atoms with Gasteiger partial charge in [-0.15, -0.1) is 11.8 Å². The Kier molecular flexibility index (Phi) is 3.23. The van der Waals surface area contributed by atoms with Gasteiger partial charge in [0.1, 0.15) is 0 Å². The molecule has 0 atom stereocenters. The Balaban J connectivity index is 2.97. The van der Waals surface area contributed by atoms with E-state index in [-0.39, 0.29) is 4.75 Å². The fourth-order valence-electron chi connectivity index (χ4n) is 1.16. The second-order valence-corrected chi connectivity index (χ2v) is 6.18. The lowest BCUT2D eigenvalue weighted by Crippen LogP contribution is -2.07. The van der Waals surface area contributed by atoms with Gasteiger partial charge in [-0.1, -0.05) is 20.8 Å². The fourth-order valence-corrected chi connectivity index (χ4v) is 2.18. The monoisotopic (exact) mass is 205 g/mol. The topological polar surface area (TPSA) is 23.8 Å². The molecular weight excluding hydrogens is 190 g/mol. The van der Waals surface area contributed by atoms with Gasteiger partial charge in [-0.05, 0) is 30.7 Å². The molecule has 1 aromatic carbocycles. The summed E-state index contributed by atoms with van der Waals surface area (Å²) in [6.07, 6.45) is 0. The molecule has 0 amide bonds. The van der Waals surface area contributed by atoms with Crippen LogP contribution in [0.4, 0.5) is 0 Å². The van der Waals surface area contributed by atoms with Gasteiger partial charge in [0.2, 0.25) is 0 Å². The highest BCUT2D eigenvalue weighted by Crippen LogP contribution is 2.33. The number of aryl methyl sites for hydroxylation is 1. The summed E-state index contributed by atoms with van der Waals surface area (Å²) in [5, 5.41) is 8.73. The van der Waals surface area contributed by atoms with Crippen molar-refractivity contribution in [2.24, 2.45) is 0 Å². The molecule has 0 radical (unpaired) electrons. The van der Waals surface area contributed by atoms with Gasteiger partial charge in [0.15, 0.2) is 0 Å². The molecule has 1 rings (SSSR count). The van der Waals surface area contributed by atoms with Crippen molar-refractivity contribution < 1.29 is 0 Å². The Morgan fingerprint density at radius 1 is 1.29 bits per heavy atom. The number of nitriles is 1. The number of hydrogen-bond acceptors (Lipinski definition) is 2. The quantitative estimate of drug-likeness (QED) is 0.652. The van der Waals surface area contributed by atoms with Gasteiger partial charge in [0, 0.05) is 9.64 Å². The highest BCUT2D eigenvalue weighted by molar-refractivity contribution is 8.00. The van der Waals surface area contributed by atoms with Crippen LogP contribution in [0.15, 0.2) is 23.1 Å². The minimum absolute atomic E-state index is 0.221. The summed E-state index contributed by atoms with van der Waals surface area (Å²) in [6.45, 7) is 8.62. The van der Waals surface area contributed by atoms with Gasteiger partial charge in [-0.3, -0.25) is 0 Å². The zero-order valence-corrected chi connectivity index (χ0v) is 9.90. The lowest BCUT2D eigenvalue weighted by molar-refractivity contribution is 0.802. The summed E-state index contributed by atoms with van der Waals surface area (Å²) in [4.78, 5) is 1.26. The Hall–Kier alpha value is -0.940. The summed E-state index contributed by atoms with van der Waals surface area (Å²) < 4.78 is 0.221. The molecule has 1 aromatic rings. The number of benzene rings is 1. The average molecular weight is 205 g/mol. The second kappa shape index (κ2) is 4.06. The van der Waals surface area contributed by atoms with Gasteiger partial charge >= 0.3 is 0 Å². The number of thioether (sulfide) groups is 1. The normalized spacial score (nSPS) is 11.1. The van der Waals surface area contributed by atoms with Crippen molar-refractivity contribution in [3.8, 4) is 6.07 Å². The van der Waals surface area contributed by atoms with Crippen LogP contribution >= 0.6 is 11.8 Å². The van der Waals surface area contributed by atoms with Crippen LogP contribution in [0, 0.1) is 18.3 Å². The molecule has 0 unspecified atom stereocenters. The zero-order chi connectivity index (χ0) is 10.8. The molecular formula is C12H15NS. The Labute approximate surface area is 90.1 Å². The predicted molar refractivity (Wildman–Crippen MR) is 61.5 cm³/mol. The smallest absolute Gasteiger partial charge is 0.0991 e. The van der Waals surface area contributed by atoms with Crippen molar-refractivity contribution >= 4 is 11.8 Å². The van der Waals surface area contributed by atoms with E-state index in [1.165, 1.54) is 10.5 Å². The van der Waals surface area contributed by atoms with E-state index in [1.807, 2.05) is 30.0 Å². The Morgan fingerprint density at radius 3 is 2.36 bits per heavy atom. The molecule has 0 fully saturated rings. The van der Waals surface area contributed by atoms with Crippen molar-refractivity contribution in [2.75, 3.05) is 0 Å². The van der Waals surface area contributed by atoms with Crippen LogP contribution in [-0.4, -0.2) is 4.75 Å². The SMILES string of the molecule is Cc1cc(C#N)ccc1SC(C)(C)C. The fraction of sp³-hybridized carbons (Fsp3) is 0.417. The molecule has 74 valence electrons. The molecule has 0 saturated heterocycles. The van der Waals surface area contributed by atoms with E-state index in [1.54, 1.807) is 0 Å². The van der Waals surface area contributed by atoms with Crippen molar-refractivity contribution in [3.63, 3.8) is 0 Å². The van der Waals surface area contributed by atoms with Gasteiger partial charge in [-0.2, -0.15) is 5.26 Å². The third kappa shape index (κ3) is 3.08. The molecule has 0 spiro atoms. The Bertz CT molecular complexity index is 369. The van der Waals surface area contributed by atoms with Gasteiger partial charge in [-0.25, -0.2) is 0 Å². The van der Waals surface area contributed by atoms with E-state index >= 15 is 0 Å². The molecule has 0 aliphatic carbocycles. The van der Waals surface area contributed by atoms with Gasteiger partial charge in [0.25, 0.3) is 0 Å². The minimum atomic E-state index is 0.221. The molecule has 0 bridgehead atoms. The van der Waals surface area contributed by atoms with Crippen molar-refractivity contribution in [1.29, 1.82) is 5.26 Å². The lowest BCUT2D eigenvalue weighted by atomic mass is 10.1. The standard InChI is InChI=1S/C12H15NS/c1-9-7-10(8-13)5-6-11(9)14-12(2,3)4/h5-7H,1-4H3. The molecule has 0 aliphatic heterocycles. The third-order valence-corrected chi connectivity index (χ3v) is 3.01. The highest BCUT2D eigenvalue weighted by atomic mass is 32.2. The van der Waals surface area contributed by atoms with Gasteiger partial charge < -0.3 is 0 Å². The maximum Gasteiger partial charge on any atom is 0.0991 e. The summed E-state index contributed by atoms with van der Waals surface area (Å²) >= 11 is 1.84. The second-order valence-electron chi connectivity index (χ2n) is 4.31. The first-order valence-corrected chi connectivity index (χ1v) is 5.44. The average Bonchev–Trinajstić information content (AvgIpc) is 2.06. The van der Waals surface area contributed by atoms with Crippen LogP contribution in [0.3, 0.4) is 0 Å². The molecule has 1 nitrogen and oxygen atoms in total. The van der Waals surface area contributed by atoms with Crippen LogP contribution in [0.2, 0.25) is 0 Å². The number of nitrogens with zero attached hydrogens (tertiary/aromatic N) is 1. The maximum atomic E-state index is 8.73. The van der Waals surface area contributed by atoms with Gasteiger partial charge in [0.05, 0.1) is 11.6 Å². The largest absolute Gasteiger partial charge is 0.192 e. The van der Waals surface area contributed by atoms with Crippen LogP contribution in [-0.2, 0) is 0 Å². The molecule has 0 heterocycles. The van der Waals surface area contributed by atoms with E-state index in [0.29, 0.717) is 0 Å². The summed E-state index contributed by atoms with van der Waals surface area (Å²) in [5.74, 6) is 0. The van der Waals surface area contributed by atoms with E-state index in [9.17, 15) is 0 Å². The van der Waals surface area contributed by atoms with E-state index in [0.717, 1.165) is 5.56 Å². The van der Waals surface area contributed by atoms with Crippen LogP contribution in [0.5, 0.6) is 0 Å². The molecule has 0 aliphatic rings. The van der Waals surface area contributed by atoms with Crippen molar-refractivity contribution in [1.82, 2.24) is 0 Å². The summed E-state index contributed by atoms with van der Waals surface area (Å²) in [5.41, 5.74) is 1.92. The van der Waals surface area contributed by atoms with Crippen LogP contribution in [0.1, 0.15) is 31.9 Å².